The number of benzene rings is 1. The van der Waals surface area contributed by atoms with Crippen LogP contribution in [-0.2, 0) is 4.74 Å². The van der Waals surface area contributed by atoms with Gasteiger partial charge in [0, 0.05) is 23.1 Å². The highest BCUT2D eigenvalue weighted by Crippen LogP contribution is 2.32. The van der Waals surface area contributed by atoms with E-state index in [0.29, 0.717) is 11.4 Å². The van der Waals surface area contributed by atoms with Crippen molar-refractivity contribution in [3.8, 4) is 5.69 Å². The van der Waals surface area contributed by atoms with E-state index in [0.717, 1.165) is 10.9 Å². The summed E-state index contributed by atoms with van der Waals surface area (Å²) in [6, 6.07) is 5.92. The maximum Gasteiger partial charge on any atom is 0.360 e. The molecule has 24 heavy (non-hydrogen) atoms. The van der Waals surface area contributed by atoms with Crippen LogP contribution >= 0.6 is 0 Å². The number of rotatable bonds is 4. The van der Waals surface area contributed by atoms with Crippen molar-refractivity contribution < 1.29 is 9.53 Å². The third kappa shape index (κ3) is 2.63. The van der Waals surface area contributed by atoms with Crippen LogP contribution in [-0.4, -0.2) is 32.1 Å². The summed E-state index contributed by atoms with van der Waals surface area (Å²) in [5.41, 5.74) is 2.40. The Hall–Kier alpha value is -3.14. The number of carbonyl (C=O) groups is 1. The predicted octanol–water partition coefficient (Wildman–Crippen LogP) is 3.53. The lowest BCUT2D eigenvalue weighted by molar-refractivity contribution is 0.0519. The Labute approximate surface area is 139 Å². The molecule has 0 saturated heterocycles. The van der Waals surface area contributed by atoms with E-state index in [4.69, 9.17) is 11.3 Å². The summed E-state index contributed by atoms with van der Waals surface area (Å²) in [5, 5.41) is 9.10. The summed E-state index contributed by atoms with van der Waals surface area (Å²) < 4.78 is 6.98. The molecule has 2 heterocycles. The van der Waals surface area contributed by atoms with Crippen LogP contribution < -0.4 is 0 Å². The van der Waals surface area contributed by atoms with Gasteiger partial charge < -0.3 is 9.30 Å². The normalized spacial score (nSPS) is 11.0. The fourth-order valence-corrected chi connectivity index (χ4v) is 2.55. The summed E-state index contributed by atoms with van der Waals surface area (Å²) >= 11 is 0. The number of fused-ring (bicyclic) bond motifs is 1. The Morgan fingerprint density at radius 2 is 2.21 bits per heavy atom. The van der Waals surface area contributed by atoms with E-state index in [-0.39, 0.29) is 18.3 Å². The SMILES string of the molecule is [C-]#[N+]c1cn(C(C)C)c2ccc(-n3ncc(C(=O)OCC)n3)cc12. The lowest BCUT2D eigenvalue weighted by atomic mass is 10.2. The first-order valence-corrected chi connectivity index (χ1v) is 7.67. The van der Waals surface area contributed by atoms with Crippen molar-refractivity contribution in [3.05, 3.63) is 47.7 Å². The minimum atomic E-state index is -0.502. The maximum atomic E-state index is 11.7. The van der Waals surface area contributed by atoms with E-state index in [1.807, 2.05) is 24.4 Å². The molecule has 0 aliphatic rings. The van der Waals surface area contributed by atoms with Crippen molar-refractivity contribution in [2.45, 2.75) is 26.8 Å². The van der Waals surface area contributed by atoms with Gasteiger partial charge in [0.05, 0.1) is 25.1 Å². The molecule has 1 aromatic carbocycles. The van der Waals surface area contributed by atoms with Crippen molar-refractivity contribution in [1.82, 2.24) is 19.6 Å². The highest BCUT2D eigenvalue weighted by molar-refractivity contribution is 5.95. The topological polar surface area (TPSA) is 66.3 Å². The van der Waals surface area contributed by atoms with Crippen LogP contribution in [0.25, 0.3) is 21.4 Å². The summed E-state index contributed by atoms with van der Waals surface area (Å²) in [6.07, 6.45) is 3.23. The zero-order valence-corrected chi connectivity index (χ0v) is 13.7. The lowest BCUT2D eigenvalue weighted by Crippen LogP contribution is -2.07. The Morgan fingerprint density at radius 1 is 1.42 bits per heavy atom. The lowest BCUT2D eigenvalue weighted by Gasteiger charge is -2.09. The minimum Gasteiger partial charge on any atom is -0.461 e. The molecule has 2 aromatic heterocycles. The van der Waals surface area contributed by atoms with Crippen LogP contribution in [0.5, 0.6) is 0 Å². The zero-order valence-electron chi connectivity index (χ0n) is 13.7. The average Bonchev–Trinajstić information content (AvgIpc) is 3.19. The van der Waals surface area contributed by atoms with Crippen molar-refractivity contribution >= 4 is 22.6 Å². The standard InChI is InChI=1S/C17H17N5O2/c1-5-24-17(23)14-9-19-22(20-14)12-6-7-16-13(8-12)15(18-4)10-21(16)11(2)3/h6-11H,5H2,1-3H3. The van der Waals surface area contributed by atoms with Gasteiger partial charge in [-0.15, -0.1) is 5.10 Å². The molecule has 0 bridgehead atoms. The zero-order chi connectivity index (χ0) is 17.3. The molecular formula is C17H17N5O2. The molecule has 7 heteroatoms. The van der Waals surface area contributed by atoms with E-state index in [1.165, 1.54) is 11.0 Å². The van der Waals surface area contributed by atoms with Crippen molar-refractivity contribution in [2.24, 2.45) is 0 Å². The molecule has 0 fully saturated rings. The number of hydrogen-bond donors (Lipinski definition) is 0. The highest BCUT2D eigenvalue weighted by atomic mass is 16.5. The van der Waals surface area contributed by atoms with Gasteiger partial charge in [-0.2, -0.15) is 9.90 Å². The molecule has 122 valence electrons. The molecule has 0 spiro atoms. The third-order valence-electron chi connectivity index (χ3n) is 3.68. The predicted molar refractivity (Wildman–Crippen MR) is 89.5 cm³/mol. The van der Waals surface area contributed by atoms with Crippen LogP contribution in [0.2, 0.25) is 0 Å². The van der Waals surface area contributed by atoms with Gasteiger partial charge in [0.15, 0.2) is 5.69 Å². The van der Waals surface area contributed by atoms with E-state index >= 15 is 0 Å². The second kappa shape index (κ2) is 6.16. The number of esters is 1. The van der Waals surface area contributed by atoms with Gasteiger partial charge in [-0.25, -0.2) is 9.64 Å². The van der Waals surface area contributed by atoms with Gasteiger partial charge in [-0.1, -0.05) is 0 Å². The van der Waals surface area contributed by atoms with Gasteiger partial charge in [-0.05, 0) is 39.0 Å². The van der Waals surface area contributed by atoms with Gasteiger partial charge in [0.2, 0.25) is 5.69 Å². The molecule has 7 nitrogen and oxygen atoms in total. The first-order chi connectivity index (χ1) is 11.5. The van der Waals surface area contributed by atoms with E-state index in [1.54, 1.807) is 6.92 Å². The van der Waals surface area contributed by atoms with E-state index in [9.17, 15) is 4.79 Å². The molecule has 0 radical (unpaired) electrons. The fraction of sp³-hybridized carbons (Fsp3) is 0.294. The summed E-state index contributed by atoms with van der Waals surface area (Å²) in [6.45, 7) is 13.5. The Bertz CT molecular complexity index is 946. The quantitative estimate of drug-likeness (QED) is 0.544. The smallest absolute Gasteiger partial charge is 0.360 e. The maximum absolute atomic E-state index is 11.7. The van der Waals surface area contributed by atoms with Crippen molar-refractivity contribution in [3.63, 3.8) is 0 Å². The van der Waals surface area contributed by atoms with Gasteiger partial charge >= 0.3 is 5.97 Å². The van der Waals surface area contributed by atoms with Gasteiger partial charge in [0.25, 0.3) is 0 Å². The summed E-state index contributed by atoms with van der Waals surface area (Å²) in [5.74, 6) is -0.502. The van der Waals surface area contributed by atoms with Crippen LogP contribution in [0.4, 0.5) is 5.69 Å². The average molecular weight is 323 g/mol. The largest absolute Gasteiger partial charge is 0.461 e. The number of nitrogens with zero attached hydrogens (tertiary/aromatic N) is 5. The van der Waals surface area contributed by atoms with Crippen molar-refractivity contribution in [2.75, 3.05) is 6.61 Å². The number of carbonyl (C=O) groups excluding carboxylic acids is 1. The highest BCUT2D eigenvalue weighted by Gasteiger charge is 2.15. The fourth-order valence-electron chi connectivity index (χ4n) is 2.55. The molecule has 0 amide bonds. The first-order valence-electron chi connectivity index (χ1n) is 7.67. The molecule has 0 aliphatic carbocycles. The van der Waals surface area contributed by atoms with Crippen LogP contribution in [0, 0.1) is 6.57 Å². The molecular weight excluding hydrogens is 306 g/mol. The second-order valence-electron chi connectivity index (χ2n) is 5.57. The van der Waals surface area contributed by atoms with Crippen LogP contribution in [0.1, 0.15) is 37.3 Å². The number of hydrogen-bond acceptors (Lipinski definition) is 4. The van der Waals surface area contributed by atoms with Crippen molar-refractivity contribution in [1.29, 1.82) is 0 Å². The molecule has 3 aromatic rings. The van der Waals surface area contributed by atoms with Gasteiger partial charge in [0.1, 0.15) is 0 Å². The number of ether oxygens (including phenoxy) is 1. The summed E-state index contributed by atoms with van der Waals surface area (Å²) in [7, 11) is 0. The van der Waals surface area contributed by atoms with E-state index < -0.39 is 5.97 Å². The van der Waals surface area contributed by atoms with Gasteiger partial charge in [-0.3, -0.25) is 0 Å². The Balaban J connectivity index is 2.06. The molecule has 0 aliphatic heterocycles. The Morgan fingerprint density at radius 3 is 2.88 bits per heavy atom. The van der Waals surface area contributed by atoms with Crippen LogP contribution in [0.3, 0.4) is 0 Å². The monoisotopic (exact) mass is 323 g/mol. The Kier molecular flexibility index (Phi) is 4.04. The molecule has 0 atom stereocenters. The second-order valence-corrected chi connectivity index (χ2v) is 5.57. The minimum absolute atomic E-state index is 0.155. The molecule has 0 unspecified atom stereocenters. The summed E-state index contributed by atoms with van der Waals surface area (Å²) in [4.78, 5) is 16.7. The number of aromatic nitrogens is 4. The first kappa shape index (κ1) is 15.7. The molecule has 0 N–H and O–H groups in total. The van der Waals surface area contributed by atoms with E-state index in [2.05, 4.69) is 33.5 Å². The molecule has 3 rings (SSSR count). The molecule has 0 saturated carbocycles. The van der Waals surface area contributed by atoms with Crippen LogP contribution in [0.15, 0.2) is 30.6 Å². The third-order valence-corrected chi connectivity index (χ3v) is 3.68.